The average Bonchev–Trinajstić information content (AvgIpc) is 2.86. The van der Waals surface area contributed by atoms with Gasteiger partial charge >= 0.3 is 5.97 Å². The molecule has 0 radical (unpaired) electrons. The third kappa shape index (κ3) is 2.35. The van der Waals surface area contributed by atoms with E-state index >= 15 is 0 Å². The highest BCUT2D eigenvalue weighted by atomic mass is 79.9. The van der Waals surface area contributed by atoms with Crippen LogP contribution in [-0.4, -0.2) is 34.0 Å². The number of likely N-dealkylation sites (tertiary alicyclic amines) is 1. The highest BCUT2D eigenvalue weighted by molar-refractivity contribution is 9.10. The number of amides is 1. The number of hydrogen-bond acceptors (Lipinski definition) is 2. The monoisotopic (exact) mass is 339 g/mol. The molecule has 1 fully saturated rings. The Labute approximate surface area is 126 Å². The maximum Gasteiger partial charge on any atom is 0.329 e. The van der Waals surface area contributed by atoms with E-state index in [4.69, 9.17) is 0 Å². The van der Waals surface area contributed by atoms with E-state index in [1.165, 1.54) is 4.90 Å². The third-order valence-electron chi connectivity index (χ3n) is 4.14. The maximum absolute atomic E-state index is 12.6. The van der Waals surface area contributed by atoms with Crippen molar-refractivity contribution in [3.05, 3.63) is 33.8 Å². The zero-order chi connectivity index (χ0) is 14.9. The minimum atomic E-state index is -1.05. The van der Waals surface area contributed by atoms with Crippen LogP contribution in [0.4, 0.5) is 0 Å². The summed E-state index contributed by atoms with van der Waals surface area (Å²) in [6.45, 7) is 4.27. The average molecular weight is 340 g/mol. The topological polar surface area (TPSA) is 57.6 Å². The van der Waals surface area contributed by atoms with Crippen LogP contribution in [0, 0.1) is 6.92 Å². The first-order valence-electron chi connectivity index (χ1n) is 6.74. The van der Waals surface area contributed by atoms with Crippen molar-refractivity contribution in [2.45, 2.75) is 38.6 Å². The highest BCUT2D eigenvalue weighted by Gasteiger charge is 2.48. The van der Waals surface area contributed by atoms with Gasteiger partial charge in [0.05, 0.1) is 0 Å². The summed E-state index contributed by atoms with van der Waals surface area (Å²) < 4.78 is 0.861. The van der Waals surface area contributed by atoms with Gasteiger partial charge in [0, 0.05) is 16.6 Å². The Kier molecular flexibility index (Phi) is 4.18. The van der Waals surface area contributed by atoms with Gasteiger partial charge in [-0.05, 0) is 43.9 Å². The van der Waals surface area contributed by atoms with Crippen molar-refractivity contribution < 1.29 is 14.7 Å². The molecular formula is C15H18BrNO3. The summed E-state index contributed by atoms with van der Waals surface area (Å²) in [5, 5.41) is 9.53. The Morgan fingerprint density at radius 3 is 2.70 bits per heavy atom. The highest BCUT2D eigenvalue weighted by Crippen LogP contribution is 2.34. The van der Waals surface area contributed by atoms with Gasteiger partial charge in [-0.2, -0.15) is 0 Å². The number of carbonyl (C=O) groups excluding carboxylic acids is 1. The molecule has 5 heteroatoms. The number of carboxylic acid groups (broad SMARTS) is 1. The Balaban J connectivity index is 2.36. The number of carboxylic acids is 1. The van der Waals surface area contributed by atoms with Gasteiger partial charge in [-0.25, -0.2) is 4.79 Å². The summed E-state index contributed by atoms with van der Waals surface area (Å²) >= 11 is 3.41. The number of benzene rings is 1. The molecule has 1 aromatic rings. The van der Waals surface area contributed by atoms with Gasteiger partial charge < -0.3 is 10.0 Å². The fourth-order valence-electron chi connectivity index (χ4n) is 2.80. The molecule has 1 amide bonds. The smallest absolute Gasteiger partial charge is 0.329 e. The molecule has 108 valence electrons. The first-order valence-corrected chi connectivity index (χ1v) is 7.53. The molecule has 0 spiro atoms. The summed E-state index contributed by atoms with van der Waals surface area (Å²) in [6.07, 6.45) is 1.69. The number of rotatable bonds is 3. The van der Waals surface area contributed by atoms with Gasteiger partial charge in [-0.15, -0.1) is 0 Å². The molecule has 20 heavy (non-hydrogen) atoms. The molecule has 1 aromatic carbocycles. The molecule has 1 heterocycles. The van der Waals surface area contributed by atoms with E-state index in [1.54, 1.807) is 12.1 Å². The second-order valence-corrected chi connectivity index (χ2v) is 6.07. The molecule has 2 rings (SSSR count). The van der Waals surface area contributed by atoms with Crippen LogP contribution < -0.4 is 0 Å². The van der Waals surface area contributed by atoms with E-state index in [2.05, 4.69) is 15.9 Å². The fourth-order valence-corrected chi connectivity index (χ4v) is 3.18. The van der Waals surface area contributed by atoms with Crippen LogP contribution in [0.25, 0.3) is 0 Å². The van der Waals surface area contributed by atoms with E-state index in [1.807, 2.05) is 19.9 Å². The van der Waals surface area contributed by atoms with Crippen LogP contribution in [0.2, 0.25) is 0 Å². The second-order valence-electron chi connectivity index (χ2n) is 5.21. The number of aliphatic carboxylic acids is 1. The SMILES string of the molecule is CCC1(C(=O)O)CCCN1C(=O)c1ccc(C)c(Br)c1. The van der Waals surface area contributed by atoms with E-state index in [0.717, 1.165) is 16.5 Å². The standard InChI is InChI=1S/C15H18BrNO3/c1-3-15(14(19)20)7-4-8-17(15)13(18)11-6-5-10(2)12(16)9-11/h5-6,9H,3-4,7-8H2,1-2H3,(H,19,20). The lowest BCUT2D eigenvalue weighted by Gasteiger charge is -2.34. The Hall–Kier alpha value is -1.36. The van der Waals surface area contributed by atoms with Crippen molar-refractivity contribution in [2.24, 2.45) is 0 Å². The van der Waals surface area contributed by atoms with Crippen molar-refractivity contribution in [1.29, 1.82) is 0 Å². The van der Waals surface area contributed by atoms with E-state index in [0.29, 0.717) is 24.9 Å². The zero-order valence-electron chi connectivity index (χ0n) is 11.6. The van der Waals surface area contributed by atoms with Gasteiger partial charge in [0.25, 0.3) is 5.91 Å². The first kappa shape index (κ1) is 15.0. The van der Waals surface area contributed by atoms with Crippen LogP contribution >= 0.6 is 15.9 Å². The molecule has 4 nitrogen and oxygen atoms in total. The second kappa shape index (κ2) is 5.56. The van der Waals surface area contributed by atoms with Crippen LogP contribution in [0.3, 0.4) is 0 Å². The van der Waals surface area contributed by atoms with Gasteiger partial charge in [0.1, 0.15) is 5.54 Å². The molecule has 1 aliphatic heterocycles. The number of halogens is 1. The summed E-state index contributed by atoms with van der Waals surface area (Å²) in [7, 11) is 0. The van der Waals surface area contributed by atoms with Crippen molar-refractivity contribution in [3.8, 4) is 0 Å². The lowest BCUT2D eigenvalue weighted by molar-refractivity contribution is -0.148. The van der Waals surface area contributed by atoms with Gasteiger partial charge in [0.2, 0.25) is 0 Å². The molecule has 1 aliphatic rings. The molecule has 1 saturated heterocycles. The number of carbonyl (C=O) groups is 2. The number of hydrogen-bond donors (Lipinski definition) is 1. The molecule has 1 N–H and O–H groups in total. The minimum absolute atomic E-state index is 0.201. The molecule has 0 aliphatic carbocycles. The zero-order valence-corrected chi connectivity index (χ0v) is 13.2. The van der Waals surface area contributed by atoms with E-state index in [9.17, 15) is 14.7 Å². The van der Waals surface area contributed by atoms with E-state index in [-0.39, 0.29) is 5.91 Å². The maximum atomic E-state index is 12.6. The van der Waals surface area contributed by atoms with Crippen LogP contribution in [0.15, 0.2) is 22.7 Å². The molecule has 1 atom stereocenters. The molecule has 0 bridgehead atoms. The van der Waals surface area contributed by atoms with Crippen LogP contribution in [0.1, 0.15) is 42.1 Å². The molecule has 0 aromatic heterocycles. The Morgan fingerprint density at radius 2 is 2.15 bits per heavy atom. The molecule has 1 unspecified atom stereocenters. The largest absolute Gasteiger partial charge is 0.479 e. The van der Waals surface area contributed by atoms with Crippen LogP contribution in [0.5, 0.6) is 0 Å². The van der Waals surface area contributed by atoms with Gasteiger partial charge in [-0.3, -0.25) is 4.79 Å². The molecular weight excluding hydrogens is 322 g/mol. The fraction of sp³-hybridized carbons (Fsp3) is 0.467. The predicted molar refractivity (Wildman–Crippen MR) is 79.8 cm³/mol. The third-order valence-corrected chi connectivity index (χ3v) is 4.99. The summed E-state index contributed by atoms with van der Waals surface area (Å²) in [6, 6.07) is 5.38. The normalized spacial score (nSPS) is 22.1. The Morgan fingerprint density at radius 1 is 1.45 bits per heavy atom. The first-order chi connectivity index (χ1) is 9.42. The van der Waals surface area contributed by atoms with Crippen molar-refractivity contribution in [3.63, 3.8) is 0 Å². The van der Waals surface area contributed by atoms with Crippen LogP contribution in [-0.2, 0) is 4.79 Å². The molecule has 0 saturated carbocycles. The number of nitrogens with zero attached hydrogens (tertiary/aromatic N) is 1. The summed E-state index contributed by atoms with van der Waals surface area (Å²) in [5.41, 5.74) is 0.528. The summed E-state index contributed by atoms with van der Waals surface area (Å²) in [5.74, 6) is -1.11. The summed E-state index contributed by atoms with van der Waals surface area (Å²) in [4.78, 5) is 25.8. The lowest BCUT2D eigenvalue weighted by Crippen LogP contribution is -2.52. The minimum Gasteiger partial charge on any atom is -0.479 e. The predicted octanol–water partition coefficient (Wildman–Crippen LogP) is 3.23. The van der Waals surface area contributed by atoms with Crippen molar-refractivity contribution in [1.82, 2.24) is 4.90 Å². The van der Waals surface area contributed by atoms with Gasteiger partial charge in [-0.1, -0.05) is 28.9 Å². The number of aryl methyl sites for hydroxylation is 1. The van der Waals surface area contributed by atoms with Crippen molar-refractivity contribution >= 4 is 27.8 Å². The lowest BCUT2D eigenvalue weighted by atomic mass is 9.92. The van der Waals surface area contributed by atoms with E-state index < -0.39 is 11.5 Å². The quantitative estimate of drug-likeness (QED) is 0.919. The van der Waals surface area contributed by atoms with Gasteiger partial charge in [0.15, 0.2) is 0 Å². The van der Waals surface area contributed by atoms with Crippen molar-refractivity contribution in [2.75, 3.05) is 6.54 Å². The Bertz CT molecular complexity index is 558.